The summed E-state index contributed by atoms with van der Waals surface area (Å²) in [5.41, 5.74) is 2.05. The second-order valence-electron chi connectivity index (χ2n) is 7.57. The number of para-hydroxylation sites is 1. The molecule has 2 aromatic rings. The van der Waals surface area contributed by atoms with Crippen LogP contribution in [-0.4, -0.2) is 43.0 Å². The van der Waals surface area contributed by atoms with Crippen LogP contribution in [0.4, 0.5) is 16.2 Å². The number of amides is 3. The average molecular weight is 415 g/mol. The Balaban J connectivity index is 0.00000240. The first-order valence-electron chi connectivity index (χ1n) is 9.92. The zero-order chi connectivity index (χ0) is 19.3. The van der Waals surface area contributed by atoms with Gasteiger partial charge >= 0.3 is 6.03 Å². The number of hydrogen-bond acceptors (Lipinski definition) is 3. The van der Waals surface area contributed by atoms with Gasteiger partial charge in [-0.3, -0.25) is 4.79 Å². The lowest BCUT2D eigenvalue weighted by Gasteiger charge is -2.21. The Kier molecular flexibility index (Phi) is 7.12. The molecule has 0 aliphatic carbocycles. The molecule has 0 spiro atoms. The number of fused-ring (bicyclic) bond motifs is 1. The maximum atomic E-state index is 12.9. The minimum atomic E-state index is -0.307. The fourth-order valence-corrected chi connectivity index (χ4v) is 4.11. The van der Waals surface area contributed by atoms with E-state index in [2.05, 4.69) is 16.0 Å². The largest absolute Gasteiger partial charge is 0.339 e. The first kappa shape index (κ1) is 21.1. The third-order valence-electron chi connectivity index (χ3n) is 5.73. The van der Waals surface area contributed by atoms with Gasteiger partial charge in [-0.2, -0.15) is 0 Å². The summed E-state index contributed by atoms with van der Waals surface area (Å²) < 4.78 is 0. The van der Waals surface area contributed by atoms with E-state index in [1.54, 1.807) is 24.3 Å². The zero-order valence-electron chi connectivity index (χ0n) is 16.3. The summed E-state index contributed by atoms with van der Waals surface area (Å²) in [6.45, 7) is 3.80. The molecule has 2 aliphatic heterocycles. The Hall–Kier alpha value is -2.57. The highest BCUT2D eigenvalue weighted by atomic mass is 35.5. The number of carbonyl (C=O) groups is 2. The van der Waals surface area contributed by atoms with Gasteiger partial charge in [0.25, 0.3) is 5.91 Å². The fourth-order valence-electron chi connectivity index (χ4n) is 4.11. The quantitative estimate of drug-likeness (QED) is 0.714. The van der Waals surface area contributed by atoms with Crippen molar-refractivity contribution in [2.24, 2.45) is 11.8 Å². The minimum absolute atomic E-state index is 0. The van der Waals surface area contributed by atoms with Crippen molar-refractivity contribution in [1.82, 2.24) is 10.2 Å². The highest BCUT2D eigenvalue weighted by Crippen LogP contribution is 2.27. The average Bonchev–Trinajstić information content (AvgIpc) is 3.07. The van der Waals surface area contributed by atoms with Crippen LogP contribution in [0.25, 0.3) is 0 Å². The molecule has 0 unspecified atom stereocenters. The maximum absolute atomic E-state index is 12.9. The van der Waals surface area contributed by atoms with Gasteiger partial charge in [-0.15, -0.1) is 12.4 Å². The molecule has 2 saturated heterocycles. The molecule has 3 amide bonds. The van der Waals surface area contributed by atoms with Crippen molar-refractivity contribution in [3.63, 3.8) is 0 Å². The Labute approximate surface area is 177 Å². The van der Waals surface area contributed by atoms with Crippen LogP contribution >= 0.6 is 12.4 Å². The summed E-state index contributed by atoms with van der Waals surface area (Å²) in [5.74, 6) is 1.48. The summed E-state index contributed by atoms with van der Waals surface area (Å²) >= 11 is 0. The lowest BCUT2D eigenvalue weighted by molar-refractivity contribution is 0.0758. The van der Waals surface area contributed by atoms with E-state index in [4.69, 9.17) is 0 Å². The number of urea groups is 1. The number of halogens is 1. The van der Waals surface area contributed by atoms with Crippen molar-refractivity contribution < 1.29 is 9.59 Å². The molecule has 0 radical (unpaired) electrons. The number of nitrogens with zero attached hydrogens (tertiary/aromatic N) is 1. The summed E-state index contributed by atoms with van der Waals surface area (Å²) in [6, 6.07) is 16.1. The van der Waals surface area contributed by atoms with E-state index in [9.17, 15) is 9.59 Å². The first-order chi connectivity index (χ1) is 13.7. The molecular weight excluding hydrogens is 388 g/mol. The molecule has 4 rings (SSSR count). The van der Waals surface area contributed by atoms with E-state index >= 15 is 0 Å². The molecule has 0 aromatic heterocycles. The monoisotopic (exact) mass is 414 g/mol. The minimum Gasteiger partial charge on any atom is -0.339 e. The Morgan fingerprint density at radius 3 is 1.97 bits per heavy atom. The predicted octanol–water partition coefficient (Wildman–Crippen LogP) is 3.82. The van der Waals surface area contributed by atoms with Crippen LogP contribution in [0.15, 0.2) is 54.6 Å². The lowest BCUT2D eigenvalue weighted by Crippen LogP contribution is -2.32. The highest BCUT2D eigenvalue weighted by Gasteiger charge is 2.31. The van der Waals surface area contributed by atoms with E-state index in [1.807, 2.05) is 35.2 Å². The van der Waals surface area contributed by atoms with E-state index in [-0.39, 0.29) is 24.3 Å². The second-order valence-corrected chi connectivity index (χ2v) is 7.57. The van der Waals surface area contributed by atoms with E-state index in [1.165, 1.54) is 0 Å². The number of likely N-dealkylation sites (tertiary alicyclic amines) is 1. The van der Waals surface area contributed by atoms with Gasteiger partial charge in [0.15, 0.2) is 0 Å². The first-order valence-corrected chi connectivity index (χ1v) is 9.92. The van der Waals surface area contributed by atoms with Crippen molar-refractivity contribution in [2.45, 2.75) is 12.8 Å². The maximum Gasteiger partial charge on any atom is 0.323 e. The van der Waals surface area contributed by atoms with Gasteiger partial charge in [0, 0.05) is 30.0 Å². The van der Waals surface area contributed by atoms with Gasteiger partial charge in [-0.25, -0.2) is 4.79 Å². The highest BCUT2D eigenvalue weighted by molar-refractivity contribution is 6.00. The fraction of sp³-hybridized carbons (Fsp3) is 0.364. The predicted molar refractivity (Wildman–Crippen MR) is 118 cm³/mol. The third kappa shape index (κ3) is 5.28. The van der Waals surface area contributed by atoms with Gasteiger partial charge in [0.2, 0.25) is 0 Å². The smallest absolute Gasteiger partial charge is 0.323 e. The zero-order valence-corrected chi connectivity index (χ0v) is 17.1. The molecule has 2 heterocycles. The van der Waals surface area contributed by atoms with E-state index < -0.39 is 0 Å². The second kappa shape index (κ2) is 9.76. The third-order valence-corrected chi connectivity index (χ3v) is 5.73. The molecule has 3 N–H and O–H groups in total. The summed E-state index contributed by atoms with van der Waals surface area (Å²) in [7, 11) is 0. The topological polar surface area (TPSA) is 73.5 Å². The van der Waals surface area contributed by atoms with Gasteiger partial charge in [0.1, 0.15) is 0 Å². The molecular formula is C22H27ClN4O2. The Morgan fingerprint density at radius 1 is 0.828 bits per heavy atom. The number of rotatable bonds is 3. The Morgan fingerprint density at radius 2 is 1.38 bits per heavy atom. The molecule has 2 aromatic carbocycles. The molecule has 7 heteroatoms. The normalized spacial score (nSPS) is 20.8. The Bertz CT molecular complexity index is 814. The summed E-state index contributed by atoms with van der Waals surface area (Å²) in [4.78, 5) is 26.9. The van der Waals surface area contributed by atoms with Crippen molar-refractivity contribution >= 4 is 35.7 Å². The summed E-state index contributed by atoms with van der Waals surface area (Å²) in [5, 5.41) is 9.03. The van der Waals surface area contributed by atoms with Crippen molar-refractivity contribution in [3.05, 3.63) is 60.2 Å². The van der Waals surface area contributed by atoms with Crippen LogP contribution in [0, 0.1) is 11.8 Å². The molecule has 154 valence electrons. The van der Waals surface area contributed by atoms with Gasteiger partial charge in [-0.1, -0.05) is 18.2 Å². The van der Waals surface area contributed by atoms with Crippen LogP contribution in [-0.2, 0) is 0 Å². The molecule has 2 fully saturated rings. The van der Waals surface area contributed by atoms with E-state index in [0.29, 0.717) is 23.1 Å². The number of hydrogen-bond donors (Lipinski definition) is 3. The molecule has 2 aliphatic rings. The standard InChI is InChI=1S/C22H26N4O2.ClH/c27-21(26-12-10-17-14-23-15-18(17)11-13-26)16-6-8-20(9-7-16)25-22(28)24-19-4-2-1-3-5-19;/h1-9,17-18,23H,10-15H2,(H2,24,25,28);1H/t17-,18+;. The number of carbonyl (C=O) groups excluding carboxylic acids is 2. The van der Waals surface area contributed by atoms with Gasteiger partial charge < -0.3 is 20.9 Å². The SMILES string of the molecule is Cl.O=C(Nc1ccccc1)Nc1ccc(C(=O)N2CC[C@@H]3CNC[C@@H]3CC2)cc1. The van der Waals surface area contributed by atoms with Crippen LogP contribution in [0.1, 0.15) is 23.2 Å². The molecule has 2 atom stereocenters. The van der Waals surface area contributed by atoms with Gasteiger partial charge in [0.05, 0.1) is 0 Å². The molecule has 0 saturated carbocycles. The van der Waals surface area contributed by atoms with Crippen LogP contribution in [0.5, 0.6) is 0 Å². The number of benzene rings is 2. The summed E-state index contributed by atoms with van der Waals surface area (Å²) in [6.07, 6.45) is 2.14. The molecule has 6 nitrogen and oxygen atoms in total. The van der Waals surface area contributed by atoms with E-state index in [0.717, 1.165) is 44.7 Å². The van der Waals surface area contributed by atoms with Crippen molar-refractivity contribution in [3.8, 4) is 0 Å². The molecule has 29 heavy (non-hydrogen) atoms. The van der Waals surface area contributed by atoms with Crippen LogP contribution in [0.2, 0.25) is 0 Å². The number of nitrogens with one attached hydrogen (secondary N) is 3. The van der Waals surface area contributed by atoms with Gasteiger partial charge in [-0.05, 0) is 74.2 Å². The molecule has 0 bridgehead atoms. The van der Waals surface area contributed by atoms with Crippen LogP contribution < -0.4 is 16.0 Å². The number of anilines is 2. The lowest BCUT2D eigenvalue weighted by atomic mass is 9.92. The van der Waals surface area contributed by atoms with Crippen molar-refractivity contribution in [1.29, 1.82) is 0 Å². The van der Waals surface area contributed by atoms with Crippen LogP contribution in [0.3, 0.4) is 0 Å². The van der Waals surface area contributed by atoms with Crippen molar-refractivity contribution in [2.75, 3.05) is 36.8 Å².